The average Bonchev–Trinajstić information content (AvgIpc) is 2.76. The summed E-state index contributed by atoms with van der Waals surface area (Å²) in [6, 6.07) is 3.92. The fraction of sp³-hybridized carbons (Fsp3) is 0.538. The van der Waals surface area contributed by atoms with Crippen LogP contribution < -0.4 is 10.5 Å². The molecule has 6 heteroatoms. The van der Waals surface area contributed by atoms with Crippen LogP contribution >= 0.6 is 0 Å². The summed E-state index contributed by atoms with van der Waals surface area (Å²) in [6.45, 7) is 2.66. The van der Waals surface area contributed by atoms with Gasteiger partial charge in [0.2, 0.25) is 10.0 Å². The van der Waals surface area contributed by atoms with Crippen LogP contribution in [0.15, 0.2) is 23.1 Å². The Labute approximate surface area is 113 Å². The number of rotatable bonds is 4. The van der Waals surface area contributed by atoms with E-state index in [1.54, 1.807) is 0 Å². The highest BCUT2D eigenvalue weighted by Gasteiger charge is 2.23. The van der Waals surface area contributed by atoms with Crippen molar-refractivity contribution >= 4 is 15.7 Å². The van der Waals surface area contributed by atoms with E-state index in [1.165, 1.54) is 24.6 Å². The molecule has 19 heavy (non-hydrogen) atoms. The molecule has 5 nitrogen and oxygen atoms in total. The van der Waals surface area contributed by atoms with E-state index in [0.717, 1.165) is 12.8 Å². The maximum atomic E-state index is 12.1. The van der Waals surface area contributed by atoms with Crippen LogP contribution in [0.4, 0.5) is 5.69 Å². The Balaban J connectivity index is 2.03. The van der Waals surface area contributed by atoms with E-state index in [2.05, 4.69) is 11.6 Å². The second-order valence-corrected chi connectivity index (χ2v) is 7.12. The minimum atomic E-state index is -3.55. The highest BCUT2D eigenvalue weighted by molar-refractivity contribution is 7.89. The zero-order valence-electron chi connectivity index (χ0n) is 11.0. The van der Waals surface area contributed by atoms with Gasteiger partial charge in [-0.1, -0.05) is 13.3 Å². The number of anilines is 1. The van der Waals surface area contributed by atoms with Crippen LogP contribution in [0.1, 0.15) is 26.2 Å². The van der Waals surface area contributed by atoms with Crippen molar-refractivity contribution in [1.29, 1.82) is 0 Å². The van der Waals surface area contributed by atoms with Crippen LogP contribution in [0.25, 0.3) is 0 Å². The first-order chi connectivity index (χ1) is 8.88. The maximum Gasteiger partial charge on any atom is 0.240 e. The third-order valence-electron chi connectivity index (χ3n) is 3.67. The van der Waals surface area contributed by atoms with Crippen LogP contribution in [0.5, 0.6) is 5.75 Å². The SMILES string of the molecule is CC1CCC(CNS(=O)(=O)c2ccc(O)c(N)c2)C1. The lowest BCUT2D eigenvalue weighted by atomic mass is 10.1. The predicted octanol–water partition coefficient (Wildman–Crippen LogP) is 1.69. The molecule has 0 heterocycles. The second-order valence-electron chi connectivity index (χ2n) is 5.36. The number of sulfonamides is 1. The van der Waals surface area contributed by atoms with Crippen LogP contribution in [0.3, 0.4) is 0 Å². The summed E-state index contributed by atoms with van der Waals surface area (Å²) >= 11 is 0. The molecule has 1 aromatic rings. The van der Waals surface area contributed by atoms with Crippen molar-refractivity contribution in [2.24, 2.45) is 11.8 Å². The van der Waals surface area contributed by atoms with Crippen molar-refractivity contribution in [3.63, 3.8) is 0 Å². The van der Waals surface area contributed by atoms with E-state index in [9.17, 15) is 13.5 Å². The van der Waals surface area contributed by atoms with Crippen LogP contribution in [0.2, 0.25) is 0 Å². The normalized spacial score (nSPS) is 23.6. The molecule has 1 fully saturated rings. The van der Waals surface area contributed by atoms with Gasteiger partial charge in [-0.2, -0.15) is 0 Å². The highest BCUT2D eigenvalue weighted by Crippen LogP contribution is 2.30. The standard InChI is InChI=1S/C13H20N2O3S/c1-9-2-3-10(6-9)8-15-19(17,18)11-4-5-13(16)12(14)7-11/h4-5,7,9-10,15-16H,2-3,6,8,14H2,1H3. The van der Waals surface area contributed by atoms with E-state index in [1.807, 2.05) is 0 Å². The van der Waals surface area contributed by atoms with Crippen LogP contribution in [-0.4, -0.2) is 20.1 Å². The summed E-state index contributed by atoms with van der Waals surface area (Å²) in [5.74, 6) is 0.988. The molecule has 1 aliphatic carbocycles. The molecular formula is C13H20N2O3S. The fourth-order valence-corrected chi connectivity index (χ4v) is 3.67. The Morgan fingerprint density at radius 1 is 1.42 bits per heavy atom. The van der Waals surface area contributed by atoms with E-state index in [0.29, 0.717) is 18.4 Å². The molecule has 2 rings (SSSR count). The van der Waals surface area contributed by atoms with Crippen molar-refractivity contribution in [2.45, 2.75) is 31.1 Å². The minimum absolute atomic E-state index is 0.0670. The number of aromatic hydroxyl groups is 1. The van der Waals surface area contributed by atoms with Gasteiger partial charge in [0.1, 0.15) is 5.75 Å². The molecule has 0 radical (unpaired) electrons. The van der Waals surface area contributed by atoms with Gasteiger partial charge in [0, 0.05) is 6.54 Å². The first-order valence-electron chi connectivity index (χ1n) is 6.46. The van der Waals surface area contributed by atoms with Gasteiger partial charge in [-0.25, -0.2) is 13.1 Å². The molecule has 0 spiro atoms. The summed E-state index contributed by atoms with van der Waals surface area (Å²) in [4.78, 5) is 0.0915. The van der Waals surface area contributed by atoms with E-state index >= 15 is 0 Å². The number of nitrogens with one attached hydrogen (secondary N) is 1. The predicted molar refractivity (Wildman–Crippen MR) is 74.2 cm³/mol. The third kappa shape index (κ3) is 3.39. The summed E-state index contributed by atoms with van der Waals surface area (Å²) in [5, 5.41) is 9.30. The number of phenolic OH excluding ortho intramolecular Hbond substituents is 1. The summed E-state index contributed by atoms with van der Waals surface area (Å²) < 4.78 is 26.8. The molecule has 0 aliphatic heterocycles. The first-order valence-corrected chi connectivity index (χ1v) is 7.95. The molecular weight excluding hydrogens is 264 g/mol. The molecule has 0 aromatic heterocycles. The van der Waals surface area contributed by atoms with Gasteiger partial charge in [-0.15, -0.1) is 0 Å². The largest absolute Gasteiger partial charge is 0.506 e. The Morgan fingerprint density at radius 3 is 2.74 bits per heavy atom. The lowest BCUT2D eigenvalue weighted by Gasteiger charge is -2.12. The molecule has 106 valence electrons. The smallest absolute Gasteiger partial charge is 0.240 e. The number of nitrogens with two attached hydrogens (primary N) is 1. The third-order valence-corrected chi connectivity index (χ3v) is 5.10. The van der Waals surface area contributed by atoms with E-state index in [-0.39, 0.29) is 16.3 Å². The van der Waals surface area contributed by atoms with E-state index < -0.39 is 10.0 Å². The average molecular weight is 284 g/mol. The van der Waals surface area contributed by atoms with E-state index in [4.69, 9.17) is 5.73 Å². The number of hydrogen-bond donors (Lipinski definition) is 3. The molecule has 0 saturated heterocycles. The Morgan fingerprint density at radius 2 is 2.16 bits per heavy atom. The number of phenols is 1. The van der Waals surface area contributed by atoms with Crippen molar-refractivity contribution in [2.75, 3.05) is 12.3 Å². The van der Waals surface area contributed by atoms with Crippen LogP contribution in [0, 0.1) is 11.8 Å². The van der Waals surface area contributed by atoms with Crippen molar-refractivity contribution in [1.82, 2.24) is 4.72 Å². The minimum Gasteiger partial charge on any atom is -0.506 e. The van der Waals surface area contributed by atoms with Crippen molar-refractivity contribution in [3.8, 4) is 5.75 Å². The van der Waals surface area contributed by atoms with Gasteiger partial charge >= 0.3 is 0 Å². The molecule has 4 N–H and O–H groups in total. The molecule has 2 unspecified atom stereocenters. The fourth-order valence-electron chi connectivity index (χ4n) is 2.52. The molecule has 1 aliphatic rings. The summed E-state index contributed by atoms with van der Waals surface area (Å²) in [6.07, 6.45) is 3.31. The molecule has 2 atom stereocenters. The molecule has 1 aromatic carbocycles. The Hall–Kier alpha value is -1.27. The van der Waals surface area contributed by atoms with Crippen molar-refractivity contribution < 1.29 is 13.5 Å². The number of nitrogen functional groups attached to an aromatic ring is 1. The molecule has 0 amide bonds. The van der Waals surface area contributed by atoms with Crippen LogP contribution in [-0.2, 0) is 10.0 Å². The van der Waals surface area contributed by atoms with Gasteiger partial charge in [-0.3, -0.25) is 0 Å². The second kappa shape index (κ2) is 5.38. The van der Waals surface area contributed by atoms with Gasteiger partial charge < -0.3 is 10.8 Å². The summed E-state index contributed by atoms with van der Waals surface area (Å²) in [7, 11) is -3.55. The topological polar surface area (TPSA) is 92.4 Å². The quantitative estimate of drug-likeness (QED) is 0.579. The zero-order valence-corrected chi connectivity index (χ0v) is 11.8. The Kier molecular flexibility index (Phi) is 4.01. The van der Waals surface area contributed by atoms with Gasteiger partial charge in [0.05, 0.1) is 10.6 Å². The highest BCUT2D eigenvalue weighted by atomic mass is 32.2. The zero-order chi connectivity index (χ0) is 14.0. The lowest BCUT2D eigenvalue weighted by Crippen LogP contribution is -2.28. The maximum absolute atomic E-state index is 12.1. The molecule has 0 bridgehead atoms. The monoisotopic (exact) mass is 284 g/mol. The van der Waals surface area contributed by atoms with Gasteiger partial charge in [0.15, 0.2) is 0 Å². The molecule has 1 saturated carbocycles. The number of hydrogen-bond acceptors (Lipinski definition) is 4. The first kappa shape index (κ1) is 14.1. The Bertz CT molecular complexity index is 557. The summed E-state index contributed by atoms with van der Waals surface area (Å²) in [5.41, 5.74) is 5.58. The lowest BCUT2D eigenvalue weighted by molar-refractivity contribution is 0.477. The van der Waals surface area contributed by atoms with Gasteiger partial charge in [0.25, 0.3) is 0 Å². The van der Waals surface area contributed by atoms with Crippen molar-refractivity contribution in [3.05, 3.63) is 18.2 Å². The number of benzene rings is 1. The van der Waals surface area contributed by atoms with Gasteiger partial charge in [-0.05, 0) is 42.9 Å².